The van der Waals surface area contributed by atoms with Crippen molar-refractivity contribution in [3.05, 3.63) is 40.3 Å². The maximum atomic E-state index is 11.8. The molecule has 1 aliphatic rings. The second kappa shape index (κ2) is 8.04. The Morgan fingerprint density at radius 2 is 1.96 bits per heavy atom. The van der Waals surface area contributed by atoms with Crippen LogP contribution in [0.3, 0.4) is 0 Å². The third-order valence-corrected chi connectivity index (χ3v) is 5.06. The van der Waals surface area contributed by atoms with Gasteiger partial charge in [-0.15, -0.1) is 0 Å². The summed E-state index contributed by atoms with van der Waals surface area (Å²) in [4.78, 5) is 11.8. The summed E-state index contributed by atoms with van der Waals surface area (Å²) in [6, 6.07) is 3.68. The zero-order valence-electron chi connectivity index (χ0n) is 15.1. The summed E-state index contributed by atoms with van der Waals surface area (Å²) in [7, 11) is -3.20. The van der Waals surface area contributed by atoms with Gasteiger partial charge in [-0.1, -0.05) is 25.0 Å². The first-order chi connectivity index (χ1) is 11.7. The molecular formula is C19H27NO4S. The van der Waals surface area contributed by atoms with Crippen molar-refractivity contribution < 1.29 is 17.9 Å². The van der Waals surface area contributed by atoms with E-state index in [1.54, 1.807) is 12.1 Å². The number of hydrogen-bond donors (Lipinski definition) is 1. The van der Waals surface area contributed by atoms with Crippen molar-refractivity contribution in [3.63, 3.8) is 0 Å². The zero-order valence-corrected chi connectivity index (χ0v) is 15.9. The van der Waals surface area contributed by atoms with E-state index < -0.39 is 15.7 Å². The van der Waals surface area contributed by atoms with Crippen molar-refractivity contribution in [2.24, 2.45) is 5.73 Å². The minimum atomic E-state index is -3.20. The van der Waals surface area contributed by atoms with E-state index in [1.807, 2.05) is 19.9 Å². The molecule has 0 heterocycles. The molecule has 1 saturated carbocycles. The number of amides is 1. The predicted molar refractivity (Wildman–Crippen MR) is 99.6 cm³/mol. The molecule has 5 nitrogen and oxygen atoms in total. The van der Waals surface area contributed by atoms with E-state index in [0.717, 1.165) is 30.2 Å². The fourth-order valence-electron chi connectivity index (χ4n) is 3.38. The molecule has 0 radical (unpaired) electrons. The summed E-state index contributed by atoms with van der Waals surface area (Å²) in [5.74, 6) is 0.366. The van der Waals surface area contributed by atoms with E-state index in [9.17, 15) is 13.2 Å². The summed E-state index contributed by atoms with van der Waals surface area (Å²) in [5.41, 5.74) is 7.88. The largest absolute Gasteiger partial charge is 0.490 e. The van der Waals surface area contributed by atoms with Crippen LogP contribution < -0.4 is 10.5 Å². The van der Waals surface area contributed by atoms with Crippen LogP contribution in [0.4, 0.5) is 0 Å². The number of carbonyl (C=O) groups is 1. The topological polar surface area (TPSA) is 86.5 Å². The molecule has 1 aromatic rings. The van der Waals surface area contributed by atoms with Gasteiger partial charge in [0.25, 0.3) is 5.91 Å². The van der Waals surface area contributed by atoms with Gasteiger partial charge in [-0.05, 0) is 50.7 Å². The summed E-state index contributed by atoms with van der Waals surface area (Å²) < 4.78 is 28.8. The SMILES string of the molecule is CC(C)Oc1c(C(N)=O)ccc(C2CCCC2)c1C/C=C/S(C)(=O)=O. The van der Waals surface area contributed by atoms with Gasteiger partial charge < -0.3 is 10.5 Å². The van der Waals surface area contributed by atoms with E-state index in [-0.39, 0.29) is 6.10 Å². The van der Waals surface area contributed by atoms with Gasteiger partial charge in [0, 0.05) is 17.2 Å². The Kier molecular flexibility index (Phi) is 6.27. The minimum Gasteiger partial charge on any atom is -0.490 e. The Morgan fingerprint density at radius 3 is 2.48 bits per heavy atom. The van der Waals surface area contributed by atoms with Crippen molar-refractivity contribution >= 4 is 15.7 Å². The molecule has 0 aliphatic heterocycles. The van der Waals surface area contributed by atoms with Gasteiger partial charge in [-0.3, -0.25) is 4.79 Å². The number of hydrogen-bond acceptors (Lipinski definition) is 4. The lowest BCUT2D eigenvalue weighted by Crippen LogP contribution is -2.18. The Morgan fingerprint density at radius 1 is 1.32 bits per heavy atom. The third kappa shape index (κ3) is 5.33. The number of sulfone groups is 1. The van der Waals surface area contributed by atoms with Crippen LogP contribution in [-0.2, 0) is 16.3 Å². The van der Waals surface area contributed by atoms with Gasteiger partial charge >= 0.3 is 0 Å². The van der Waals surface area contributed by atoms with Crippen LogP contribution in [-0.4, -0.2) is 26.7 Å². The van der Waals surface area contributed by atoms with Crippen molar-refractivity contribution in [3.8, 4) is 5.75 Å². The summed E-state index contributed by atoms with van der Waals surface area (Å²) >= 11 is 0. The van der Waals surface area contributed by atoms with Crippen molar-refractivity contribution in [1.29, 1.82) is 0 Å². The number of benzene rings is 1. The maximum absolute atomic E-state index is 11.8. The van der Waals surface area contributed by atoms with Crippen LogP contribution in [0.5, 0.6) is 5.75 Å². The van der Waals surface area contributed by atoms with Crippen LogP contribution in [0.15, 0.2) is 23.6 Å². The monoisotopic (exact) mass is 365 g/mol. The molecule has 1 aromatic carbocycles. The highest BCUT2D eigenvalue weighted by Gasteiger charge is 2.25. The molecule has 1 fully saturated rings. The van der Waals surface area contributed by atoms with Gasteiger partial charge in [0.2, 0.25) is 0 Å². The standard InChI is InChI=1S/C19H27NO4S/c1-13(2)24-18-16(9-6-12-25(3,22)23)15(14-7-4-5-8-14)10-11-17(18)19(20)21/h6,10-14H,4-5,7-9H2,1-3H3,(H2,20,21)/b12-6+. The average Bonchev–Trinajstić information content (AvgIpc) is 3.00. The molecule has 0 atom stereocenters. The normalized spacial score (nSPS) is 16.0. The van der Waals surface area contributed by atoms with Gasteiger partial charge in [-0.2, -0.15) is 0 Å². The zero-order chi connectivity index (χ0) is 18.6. The molecule has 0 bridgehead atoms. The number of nitrogens with two attached hydrogens (primary N) is 1. The molecule has 25 heavy (non-hydrogen) atoms. The molecule has 1 amide bonds. The molecule has 2 N–H and O–H groups in total. The highest BCUT2D eigenvalue weighted by atomic mass is 32.2. The van der Waals surface area contributed by atoms with E-state index in [0.29, 0.717) is 23.7 Å². The number of rotatable bonds is 7. The van der Waals surface area contributed by atoms with E-state index >= 15 is 0 Å². The maximum Gasteiger partial charge on any atom is 0.252 e. The van der Waals surface area contributed by atoms with Gasteiger partial charge in [-0.25, -0.2) is 8.42 Å². The minimum absolute atomic E-state index is 0.116. The summed E-state index contributed by atoms with van der Waals surface area (Å²) in [6.45, 7) is 3.78. The Labute approximate surface area is 150 Å². The predicted octanol–water partition coefficient (Wildman–Crippen LogP) is 3.33. The molecule has 0 spiro atoms. The van der Waals surface area contributed by atoms with Crippen LogP contribution in [0.2, 0.25) is 0 Å². The molecule has 0 saturated heterocycles. The fourth-order valence-corrected chi connectivity index (χ4v) is 3.82. The second-order valence-corrected chi connectivity index (χ2v) is 8.86. The lowest BCUT2D eigenvalue weighted by molar-refractivity contribution is 0.0994. The number of allylic oxidation sites excluding steroid dienone is 1. The van der Waals surface area contributed by atoms with Crippen LogP contribution in [0, 0.1) is 0 Å². The Hall–Kier alpha value is -1.82. The molecular weight excluding hydrogens is 338 g/mol. The van der Waals surface area contributed by atoms with Crippen LogP contribution in [0.25, 0.3) is 0 Å². The van der Waals surface area contributed by atoms with E-state index in [1.165, 1.54) is 18.2 Å². The smallest absolute Gasteiger partial charge is 0.252 e. The summed E-state index contributed by atoms with van der Waals surface area (Å²) in [6.07, 6.45) is 7.60. The Bertz CT molecular complexity index is 760. The molecule has 1 aliphatic carbocycles. The van der Waals surface area contributed by atoms with Gasteiger partial charge in [0.05, 0.1) is 11.7 Å². The third-order valence-electron chi connectivity index (χ3n) is 4.38. The quantitative estimate of drug-likeness (QED) is 0.803. The fraction of sp³-hybridized carbons (Fsp3) is 0.526. The average molecular weight is 365 g/mol. The first kappa shape index (κ1) is 19.5. The van der Waals surface area contributed by atoms with E-state index in [2.05, 4.69) is 0 Å². The molecule has 138 valence electrons. The lowest BCUT2D eigenvalue weighted by Gasteiger charge is -2.22. The van der Waals surface area contributed by atoms with Crippen molar-refractivity contribution in [2.45, 2.75) is 58.0 Å². The molecule has 0 unspecified atom stereocenters. The van der Waals surface area contributed by atoms with Crippen molar-refractivity contribution in [1.82, 2.24) is 0 Å². The highest BCUT2D eigenvalue weighted by Crippen LogP contribution is 2.40. The molecule has 2 rings (SSSR count). The summed E-state index contributed by atoms with van der Waals surface area (Å²) in [5, 5.41) is 1.20. The van der Waals surface area contributed by atoms with Crippen molar-refractivity contribution in [2.75, 3.05) is 6.26 Å². The van der Waals surface area contributed by atoms with Crippen LogP contribution in [0.1, 0.15) is 66.9 Å². The Balaban J connectivity index is 2.55. The first-order valence-corrected chi connectivity index (χ1v) is 10.6. The number of ether oxygens (including phenoxy) is 1. The molecule has 6 heteroatoms. The number of carbonyl (C=O) groups excluding carboxylic acids is 1. The number of primary amides is 1. The van der Waals surface area contributed by atoms with Crippen LogP contribution >= 0.6 is 0 Å². The van der Waals surface area contributed by atoms with E-state index in [4.69, 9.17) is 10.5 Å². The molecule has 0 aromatic heterocycles. The van der Waals surface area contributed by atoms with Gasteiger partial charge in [0.15, 0.2) is 9.84 Å². The first-order valence-electron chi connectivity index (χ1n) is 8.68. The highest BCUT2D eigenvalue weighted by molar-refractivity contribution is 7.93. The lowest BCUT2D eigenvalue weighted by atomic mass is 9.89. The van der Waals surface area contributed by atoms with Gasteiger partial charge in [0.1, 0.15) is 5.75 Å². The second-order valence-electron chi connectivity index (χ2n) is 6.93.